The molecule has 3 atom stereocenters. The van der Waals surface area contributed by atoms with Crippen molar-refractivity contribution < 1.29 is 9.59 Å². The van der Waals surface area contributed by atoms with Crippen LogP contribution in [0.1, 0.15) is 46.0 Å². The number of hydrogen-bond donors (Lipinski definition) is 1. The van der Waals surface area contributed by atoms with Crippen LogP contribution in [0.2, 0.25) is 0 Å². The summed E-state index contributed by atoms with van der Waals surface area (Å²) in [6, 6.07) is 8.12. The summed E-state index contributed by atoms with van der Waals surface area (Å²) in [5, 5.41) is 3.06. The van der Waals surface area contributed by atoms with Crippen molar-refractivity contribution in [2.45, 2.75) is 62.1 Å². The maximum absolute atomic E-state index is 12.7. The fourth-order valence-electron chi connectivity index (χ4n) is 3.62. The molecule has 2 aliphatic rings. The molecule has 0 saturated heterocycles. The normalized spacial score (nSPS) is 26.8. The molecule has 0 aromatic heterocycles. The molecule has 5 heteroatoms. The highest BCUT2D eigenvalue weighted by molar-refractivity contribution is 8.01. The number of rotatable bonds is 4. The van der Waals surface area contributed by atoms with Gasteiger partial charge in [-0.15, -0.1) is 11.8 Å². The molecule has 0 unspecified atom stereocenters. The third-order valence-electron chi connectivity index (χ3n) is 5.10. The lowest BCUT2D eigenvalue weighted by atomic mass is 9.86. The second kappa shape index (κ2) is 7.60. The van der Waals surface area contributed by atoms with Gasteiger partial charge >= 0.3 is 0 Å². The average molecular weight is 346 g/mol. The van der Waals surface area contributed by atoms with Crippen LogP contribution in [-0.4, -0.2) is 29.7 Å². The molecule has 0 bridgehead atoms. The Morgan fingerprint density at radius 2 is 2.04 bits per heavy atom. The molecule has 4 nitrogen and oxygen atoms in total. The number of para-hydroxylation sites is 1. The Kier molecular flexibility index (Phi) is 5.49. The highest BCUT2D eigenvalue weighted by atomic mass is 32.2. The molecule has 1 saturated carbocycles. The maximum Gasteiger partial charge on any atom is 0.240 e. The first-order valence-corrected chi connectivity index (χ1v) is 9.84. The van der Waals surface area contributed by atoms with Gasteiger partial charge in [-0.2, -0.15) is 0 Å². The Bertz CT molecular complexity index is 619. The number of thioether (sulfide) groups is 1. The zero-order valence-corrected chi connectivity index (χ0v) is 15.3. The summed E-state index contributed by atoms with van der Waals surface area (Å²) in [6.45, 7) is 4.34. The summed E-state index contributed by atoms with van der Waals surface area (Å²) >= 11 is 1.61. The SMILES string of the molecule is CC[C@@H]1Sc2ccccc2N(CC(=O)N[C@H]2CCCC[C@H]2C)C1=O. The molecule has 1 aromatic carbocycles. The van der Waals surface area contributed by atoms with E-state index < -0.39 is 0 Å². The molecule has 1 aliphatic carbocycles. The smallest absolute Gasteiger partial charge is 0.240 e. The lowest BCUT2D eigenvalue weighted by molar-refractivity contribution is -0.124. The summed E-state index contributed by atoms with van der Waals surface area (Å²) in [6.07, 6.45) is 5.42. The lowest BCUT2D eigenvalue weighted by Crippen LogP contribution is -2.49. The number of benzene rings is 1. The van der Waals surface area contributed by atoms with Crippen LogP contribution in [0.3, 0.4) is 0 Å². The van der Waals surface area contributed by atoms with Crippen molar-refractivity contribution in [1.29, 1.82) is 0 Å². The van der Waals surface area contributed by atoms with E-state index in [4.69, 9.17) is 0 Å². The van der Waals surface area contributed by atoms with Crippen LogP contribution in [0.4, 0.5) is 5.69 Å². The van der Waals surface area contributed by atoms with Crippen molar-refractivity contribution in [2.75, 3.05) is 11.4 Å². The molecular weight excluding hydrogens is 320 g/mol. The van der Waals surface area contributed by atoms with Gasteiger partial charge in [0.2, 0.25) is 11.8 Å². The summed E-state index contributed by atoms with van der Waals surface area (Å²) in [5.74, 6) is 0.526. The van der Waals surface area contributed by atoms with Crippen LogP contribution >= 0.6 is 11.8 Å². The molecule has 1 N–H and O–H groups in total. The van der Waals surface area contributed by atoms with Gasteiger partial charge in [0.05, 0.1) is 10.9 Å². The monoisotopic (exact) mass is 346 g/mol. The molecule has 0 radical (unpaired) electrons. The number of fused-ring (bicyclic) bond motifs is 1. The van der Waals surface area contributed by atoms with Gasteiger partial charge in [0.1, 0.15) is 6.54 Å². The molecule has 1 aromatic rings. The van der Waals surface area contributed by atoms with Gasteiger partial charge in [-0.05, 0) is 37.3 Å². The predicted octanol–water partition coefficient (Wildman–Crippen LogP) is 3.60. The number of nitrogens with one attached hydrogen (secondary N) is 1. The number of anilines is 1. The van der Waals surface area contributed by atoms with E-state index in [1.807, 2.05) is 31.2 Å². The first-order valence-electron chi connectivity index (χ1n) is 8.96. The Morgan fingerprint density at radius 3 is 2.79 bits per heavy atom. The number of hydrogen-bond acceptors (Lipinski definition) is 3. The van der Waals surface area contributed by atoms with E-state index in [0.29, 0.717) is 5.92 Å². The Balaban J connectivity index is 1.72. The quantitative estimate of drug-likeness (QED) is 0.906. The Hall–Kier alpha value is -1.49. The first kappa shape index (κ1) is 17.3. The minimum Gasteiger partial charge on any atom is -0.352 e. The molecule has 2 amide bonds. The minimum absolute atomic E-state index is 0.0429. The van der Waals surface area contributed by atoms with E-state index in [-0.39, 0.29) is 29.7 Å². The van der Waals surface area contributed by atoms with E-state index in [0.717, 1.165) is 23.4 Å². The Morgan fingerprint density at radius 1 is 1.29 bits per heavy atom. The molecule has 3 rings (SSSR count). The van der Waals surface area contributed by atoms with E-state index >= 15 is 0 Å². The van der Waals surface area contributed by atoms with Gasteiger partial charge in [-0.3, -0.25) is 9.59 Å². The molecule has 1 heterocycles. The third-order valence-corrected chi connectivity index (χ3v) is 6.52. The van der Waals surface area contributed by atoms with Gasteiger partial charge in [0.15, 0.2) is 0 Å². The summed E-state index contributed by atoms with van der Waals surface area (Å²) in [7, 11) is 0. The fourth-order valence-corrected chi connectivity index (χ4v) is 4.78. The van der Waals surface area contributed by atoms with Gasteiger partial charge in [-0.1, -0.05) is 38.8 Å². The van der Waals surface area contributed by atoms with Crippen LogP contribution < -0.4 is 10.2 Å². The molecule has 24 heavy (non-hydrogen) atoms. The number of carbonyl (C=O) groups excluding carboxylic acids is 2. The van der Waals surface area contributed by atoms with Crippen molar-refractivity contribution in [3.63, 3.8) is 0 Å². The van der Waals surface area contributed by atoms with Gasteiger partial charge in [-0.25, -0.2) is 0 Å². The minimum atomic E-state index is -0.0960. The topological polar surface area (TPSA) is 49.4 Å². The van der Waals surface area contributed by atoms with E-state index in [1.165, 1.54) is 19.3 Å². The summed E-state index contributed by atoms with van der Waals surface area (Å²) < 4.78 is 0. The second-order valence-electron chi connectivity index (χ2n) is 6.84. The van der Waals surface area contributed by atoms with E-state index in [2.05, 4.69) is 12.2 Å². The zero-order chi connectivity index (χ0) is 17.1. The van der Waals surface area contributed by atoms with Gasteiger partial charge < -0.3 is 10.2 Å². The highest BCUT2D eigenvalue weighted by Gasteiger charge is 2.34. The van der Waals surface area contributed by atoms with Crippen LogP contribution in [-0.2, 0) is 9.59 Å². The molecule has 130 valence electrons. The van der Waals surface area contributed by atoms with Crippen molar-refractivity contribution in [3.05, 3.63) is 24.3 Å². The van der Waals surface area contributed by atoms with Crippen LogP contribution in [0.25, 0.3) is 0 Å². The van der Waals surface area contributed by atoms with Crippen molar-refractivity contribution >= 4 is 29.3 Å². The fraction of sp³-hybridized carbons (Fsp3) is 0.579. The average Bonchev–Trinajstić information content (AvgIpc) is 2.59. The van der Waals surface area contributed by atoms with E-state index in [1.54, 1.807) is 16.7 Å². The number of nitrogens with zero attached hydrogens (tertiary/aromatic N) is 1. The predicted molar refractivity (Wildman–Crippen MR) is 98.3 cm³/mol. The Labute approximate surface area is 148 Å². The first-order chi connectivity index (χ1) is 11.6. The number of amides is 2. The lowest BCUT2D eigenvalue weighted by Gasteiger charge is -2.34. The van der Waals surface area contributed by atoms with E-state index in [9.17, 15) is 9.59 Å². The molecule has 1 aliphatic heterocycles. The highest BCUT2D eigenvalue weighted by Crippen LogP contribution is 2.39. The zero-order valence-electron chi connectivity index (χ0n) is 14.5. The summed E-state index contributed by atoms with van der Waals surface area (Å²) in [4.78, 5) is 28.1. The maximum atomic E-state index is 12.7. The molecule has 0 spiro atoms. The van der Waals surface area contributed by atoms with Crippen molar-refractivity contribution in [2.24, 2.45) is 5.92 Å². The van der Waals surface area contributed by atoms with Crippen LogP contribution in [0.15, 0.2) is 29.2 Å². The largest absolute Gasteiger partial charge is 0.352 e. The molecular formula is C19H26N2O2S. The van der Waals surface area contributed by atoms with Crippen molar-refractivity contribution in [3.8, 4) is 0 Å². The van der Waals surface area contributed by atoms with Crippen molar-refractivity contribution in [1.82, 2.24) is 5.32 Å². The van der Waals surface area contributed by atoms with Crippen LogP contribution in [0.5, 0.6) is 0 Å². The summed E-state index contributed by atoms with van der Waals surface area (Å²) in [5.41, 5.74) is 0.865. The molecule has 1 fully saturated rings. The van der Waals surface area contributed by atoms with Gasteiger partial charge in [0.25, 0.3) is 0 Å². The second-order valence-corrected chi connectivity index (χ2v) is 8.09. The van der Waals surface area contributed by atoms with Crippen LogP contribution in [0, 0.1) is 5.92 Å². The third kappa shape index (κ3) is 3.61. The standard InChI is InChI=1S/C19H26N2O2S/c1-3-16-19(23)21(15-10-6-7-11-17(15)24-16)12-18(22)20-14-9-5-4-8-13(14)2/h6-7,10-11,13-14,16H,3-5,8-9,12H2,1-2H3,(H,20,22)/t13-,14+,16+/m1/s1. The number of carbonyl (C=O) groups is 2. The van der Waals surface area contributed by atoms with Gasteiger partial charge in [0, 0.05) is 10.9 Å².